The molecule has 1 aromatic heterocycles. The maximum Gasteiger partial charge on any atom is 0.262 e. The molecule has 0 radical (unpaired) electrons. The zero-order chi connectivity index (χ0) is 21.5. The van der Waals surface area contributed by atoms with E-state index in [1.54, 1.807) is 17.4 Å². The first kappa shape index (κ1) is 20.3. The number of amides is 1. The summed E-state index contributed by atoms with van der Waals surface area (Å²) in [5.41, 5.74) is 4.87. The first-order valence-corrected chi connectivity index (χ1v) is 10.7. The van der Waals surface area contributed by atoms with Crippen molar-refractivity contribution < 1.29 is 4.79 Å². The number of hydrogen-bond donors (Lipinski definition) is 1. The average Bonchev–Trinajstić information content (AvgIpc) is 3.33. The van der Waals surface area contributed by atoms with Gasteiger partial charge in [-0.3, -0.25) is 4.79 Å². The van der Waals surface area contributed by atoms with Crippen LogP contribution < -0.4 is 5.32 Å². The van der Waals surface area contributed by atoms with Crippen LogP contribution in [0.1, 0.15) is 11.1 Å². The van der Waals surface area contributed by atoms with Gasteiger partial charge in [-0.15, -0.1) is 11.3 Å². The van der Waals surface area contributed by atoms with Crippen LogP contribution in [0.15, 0.2) is 95.9 Å². The van der Waals surface area contributed by atoms with Crippen molar-refractivity contribution in [2.24, 2.45) is 0 Å². The van der Waals surface area contributed by atoms with Gasteiger partial charge in [0.1, 0.15) is 16.6 Å². The molecule has 0 fully saturated rings. The van der Waals surface area contributed by atoms with Gasteiger partial charge < -0.3 is 5.32 Å². The van der Waals surface area contributed by atoms with Crippen LogP contribution in [0, 0.1) is 11.3 Å². The third kappa shape index (κ3) is 5.13. The number of carbonyl (C=O) groups is 1. The number of rotatable bonds is 6. The molecule has 4 aromatic rings. The van der Waals surface area contributed by atoms with Gasteiger partial charge in [0.05, 0.1) is 5.69 Å². The predicted octanol–water partition coefficient (Wildman–Crippen LogP) is 5.70. The van der Waals surface area contributed by atoms with Crippen LogP contribution >= 0.6 is 11.3 Å². The summed E-state index contributed by atoms with van der Waals surface area (Å²) in [6.45, 7) is 0.331. The topological polar surface area (TPSA) is 65.8 Å². The lowest BCUT2D eigenvalue weighted by molar-refractivity contribution is -0.117. The summed E-state index contributed by atoms with van der Waals surface area (Å²) in [6.07, 6.45) is 1.59. The van der Waals surface area contributed by atoms with Crippen molar-refractivity contribution in [3.8, 4) is 27.9 Å². The molecule has 31 heavy (non-hydrogen) atoms. The number of nitrogens with one attached hydrogen (secondary N) is 1. The highest BCUT2D eigenvalue weighted by Gasteiger charge is 2.10. The molecule has 150 valence electrons. The minimum Gasteiger partial charge on any atom is -0.347 e. The van der Waals surface area contributed by atoms with Crippen LogP contribution in [0.2, 0.25) is 0 Å². The molecular formula is C26H19N3OS. The zero-order valence-corrected chi connectivity index (χ0v) is 17.5. The van der Waals surface area contributed by atoms with Crippen LogP contribution in [-0.2, 0) is 11.3 Å². The summed E-state index contributed by atoms with van der Waals surface area (Å²) in [4.78, 5) is 17.2. The van der Waals surface area contributed by atoms with Crippen molar-refractivity contribution >= 4 is 23.3 Å². The monoisotopic (exact) mass is 421 g/mol. The molecule has 0 spiro atoms. The van der Waals surface area contributed by atoms with Crippen molar-refractivity contribution in [2.75, 3.05) is 0 Å². The van der Waals surface area contributed by atoms with E-state index in [1.165, 1.54) is 0 Å². The Balaban J connectivity index is 1.46. The lowest BCUT2D eigenvalue weighted by atomic mass is 10.1. The van der Waals surface area contributed by atoms with Crippen LogP contribution in [0.25, 0.3) is 27.9 Å². The van der Waals surface area contributed by atoms with Crippen molar-refractivity contribution in [3.05, 3.63) is 107 Å². The Morgan fingerprint density at radius 3 is 2.42 bits per heavy atom. The minimum atomic E-state index is -0.391. The lowest BCUT2D eigenvalue weighted by Gasteiger charge is -2.06. The third-order valence-corrected chi connectivity index (χ3v) is 5.57. The van der Waals surface area contributed by atoms with E-state index in [1.807, 2.05) is 96.4 Å². The molecule has 0 bridgehead atoms. The van der Waals surface area contributed by atoms with Crippen LogP contribution in [0.5, 0.6) is 0 Å². The van der Waals surface area contributed by atoms with Gasteiger partial charge in [-0.25, -0.2) is 4.98 Å². The molecule has 4 rings (SSSR count). The number of nitrogens with zero attached hydrogens (tertiary/aromatic N) is 2. The van der Waals surface area contributed by atoms with Crippen LogP contribution in [0.4, 0.5) is 0 Å². The fourth-order valence-corrected chi connectivity index (χ4v) is 3.93. The molecule has 0 atom stereocenters. The van der Waals surface area contributed by atoms with Crippen LogP contribution in [-0.4, -0.2) is 10.9 Å². The molecule has 3 aromatic carbocycles. The van der Waals surface area contributed by atoms with E-state index in [0.29, 0.717) is 6.54 Å². The van der Waals surface area contributed by atoms with Gasteiger partial charge in [0.2, 0.25) is 0 Å². The van der Waals surface area contributed by atoms with Gasteiger partial charge in [-0.2, -0.15) is 5.26 Å². The molecule has 0 saturated heterocycles. The summed E-state index contributed by atoms with van der Waals surface area (Å²) >= 11 is 1.59. The van der Waals surface area contributed by atoms with E-state index in [4.69, 9.17) is 4.98 Å². The SMILES string of the molecule is N#C/C(=C\c1ccccc1)C(=O)NCc1cccc(-c2nc(-c3ccccc3)cs2)c1. The van der Waals surface area contributed by atoms with E-state index in [-0.39, 0.29) is 5.57 Å². The van der Waals surface area contributed by atoms with Gasteiger partial charge in [-0.1, -0.05) is 78.9 Å². The molecule has 1 heterocycles. The fraction of sp³-hybridized carbons (Fsp3) is 0.0385. The predicted molar refractivity (Wildman–Crippen MR) is 125 cm³/mol. The number of thiazole rings is 1. The second-order valence-corrected chi connectivity index (χ2v) is 7.73. The highest BCUT2D eigenvalue weighted by Crippen LogP contribution is 2.29. The molecule has 0 aliphatic rings. The molecule has 1 N–H and O–H groups in total. The van der Waals surface area contributed by atoms with Crippen molar-refractivity contribution in [2.45, 2.75) is 6.54 Å². The first-order chi connectivity index (χ1) is 15.2. The summed E-state index contributed by atoms with van der Waals surface area (Å²) in [6, 6.07) is 29.3. The van der Waals surface area contributed by atoms with E-state index in [0.717, 1.165) is 33.0 Å². The Labute approximate surface area is 185 Å². The Bertz CT molecular complexity index is 1250. The smallest absolute Gasteiger partial charge is 0.262 e. The first-order valence-electron chi connectivity index (χ1n) is 9.78. The normalized spacial score (nSPS) is 11.0. The number of aromatic nitrogens is 1. The minimum absolute atomic E-state index is 0.0785. The van der Waals surface area contributed by atoms with E-state index in [9.17, 15) is 10.1 Å². The van der Waals surface area contributed by atoms with Gasteiger partial charge >= 0.3 is 0 Å². The fourth-order valence-electron chi connectivity index (χ4n) is 3.10. The van der Waals surface area contributed by atoms with Gasteiger partial charge in [0.15, 0.2) is 0 Å². The highest BCUT2D eigenvalue weighted by molar-refractivity contribution is 7.13. The molecule has 0 aliphatic carbocycles. The van der Waals surface area contributed by atoms with Crippen molar-refractivity contribution in [3.63, 3.8) is 0 Å². The summed E-state index contributed by atoms with van der Waals surface area (Å²) in [7, 11) is 0. The summed E-state index contributed by atoms with van der Waals surface area (Å²) < 4.78 is 0. The maximum atomic E-state index is 12.5. The molecule has 5 heteroatoms. The van der Waals surface area contributed by atoms with Gasteiger partial charge in [0.25, 0.3) is 5.91 Å². The second-order valence-electron chi connectivity index (χ2n) is 6.87. The molecular weight excluding hydrogens is 402 g/mol. The number of hydrogen-bond acceptors (Lipinski definition) is 4. The Morgan fingerprint density at radius 1 is 0.968 bits per heavy atom. The Hall–Kier alpha value is -4.01. The van der Waals surface area contributed by atoms with Gasteiger partial charge in [0, 0.05) is 23.1 Å². The van der Waals surface area contributed by atoms with E-state index < -0.39 is 5.91 Å². The highest BCUT2D eigenvalue weighted by atomic mass is 32.1. The maximum absolute atomic E-state index is 12.5. The van der Waals surface area contributed by atoms with Crippen molar-refractivity contribution in [1.29, 1.82) is 5.26 Å². The van der Waals surface area contributed by atoms with E-state index >= 15 is 0 Å². The van der Waals surface area contributed by atoms with Gasteiger partial charge in [-0.05, 0) is 23.3 Å². The Morgan fingerprint density at radius 2 is 1.68 bits per heavy atom. The molecule has 1 amide bonds. The summed E-state index contributed by atoms with van der Waals surface area (Å²) in [5.74, 6) is -0.391. The Kier molecular flexibility index (Phi) is 6.32. The van der Waals surface area contributed by atoms with Crippen LogP contribution in [0.3, 0.4) is 0 Å². The number of nitriles is 1. The molecule has 0 aliphatic heterocycles. The standard InChI is InChI=1S/C26H19N3OS/c27-16-23(14-19-8-3-1-4-9-19)25(30)28-17-20-10-7-13-22(15-20)26-29-24(18-31-26)21-11-5-2-6-12-21/h1-15,18H,17H2,(H,28,30)/b23-14+. The van der Waals surface area contributed by atoms with Crippen molar-refractivity contribution in [1.82, 2.24) is 10.3 Å². The molecule has 4 nitrogen and oxygen atoms in total. The third-order valence-electron chi connectivity index (χ3n) is 4.68. The average molecular weight is 422 g/mol. The number of carbonyl (C=O) groups excluding carboxylic acids is 1. The quantitative estimate of drug-likeness (QED) is 0.321. The number of benzene rings is 3. The van der Waals surface area contributed by atoms with E-state index in [2.05, 4.69) is 5.32 Å². The largest absolute Gasteiger partial charge is 0.347 e. The molecule has 0 unspecified atom stereocenters. The lowest BCUT2D eigenvalue weighted by Crippen LogP contribution is -2.23. The zero-order valence-electron chi connectivity index (χ0n) is 16.7. The molecule has 0 saturated carbocycles. The summed E-state index contributed by atoms with van der Waals surface area (Å²) in [5, 5.41) is 15.2. The second kappa shape index (κ2) is 9.66.